The van der Waals surface area contributed by atoms with Gasteiger partial charge < -0.3 is 34.0 Å². The number of nitrogens with zero attached hydrogens (tertiary/aromatic N) is 3. The molecule has 1 amide bonds. The van der Waals surface area contributed by atoms with Crippen molar-refractivity contribution in [1.82, 2.24) is 4.90 Å². The van der Waals surface area contributed by atoms with Crippen molar-refractivity contribution in [1.29, 1.82) is 0 Å². The van der Waals surface area contributed by atoms with E-state index in [-0.39, 0.29) is 69.4 Å². The lowest BCUT2D eigenvalue weighted by molar-refractivity contribution is -0.384. The third-order valence-electron chi connectivity index (χ3n) is 13.6. The highest BCUT2D eigenvalue weighted by atomic mass is 32.2. The molecule has 5 aromatic rings. The fourth-order valence-corrected chi connectivity index (χ4v) is 10.9. The van der Waals surface area contributed by atoms with Crippen LogP contribution in [-0.2, 0) is 27.5 Å². The summed E-state index contributed by atoms with van der Waals surface area (Å²) in [6.45, 7) is 6.40. The Bertz CT molecular complexity index is 2630. The first-order valence-corrected chi connectivity index (χ1v) is 25.1. The number of benzene rings is 5. The largest absolute Gasteiger partial charge is 0.459 e. The zero-order valence-electron chi connectivity index (χ0n) is 39.2. The summed E-state index contributed by atoms with van der Waals surface area (Å²) in [6, 6.07) is 33.3. The van der Waals surface area contributed by atoms with E-state index in [0.717, 1.165) is 58.1 Å². The molecule has 1 heterocycles. The summed E-state index contributed by atoms with van der Waals surface area (Å²) in [5.74, 6) is -0.462. The molecule has 0 saturated heterocycles. The Morgan fingerprint density at radius 3 is 2.42 bits per heavy atom. The number of aliphatic hydroxyl groups excluding tert-OH is 2. The van der Waals surface area contributed by atoms with Crippen LogP contribution in [0.2, 0.25) is 0 Å². The Kier molecular flexibility index (Phi) is 16.4. The van der Waals surface area contributed by atoms with Crippen LogP contribution < -0.4 is 9.47 Å². The minimum atomic E-state index is -1.52. The minimum absolute atomic E-state index is 0.00600. The van der Waals surface area contributed by atoms with Gasteiger partial charge in [-0.15, -0.1) is 18.3 Å². The van der Waals surface area contributed by atoms with Crippen LogP contribution in [-0.4, -0.2) is 76.4 Å². The summed E-state index contributed by atoms with van der Waals surface area (Å²) in [5.41, 5.74) is 3.97. The molecule has 2 aliphatic carbocycles. The van der Waals surface area contributed by atoms with Crippen molar-refractivity contribution in [3.63, 3.8) is 0 Å². The van der Waals surface area contributed by atoms with Crippen LogP contribution in [0.1, 0.15) is 74.5 Å². The van der Waals surface area contributed by atoms with E-state index in [1.165, 1.54) is 12.1 Å². The average Bonchev–Trinajstić information content (AvgIpc) is 3.37. The van der Waals surface area contributed by atoms with Gasteiger partial charge in [0.05, 0.1) is 36.3 Å². The highest BCUT2D eigenvalue weighted by molar-refractivity contribution is 7.98. The summed E-state index contributed by atoms with van der Waals surface area (Å²) in [4.78, 5) is 34.9. The van der Waals surface area contributed by atoms with Crippen molar-refractivity contribution in [3.05, 3.63) is 160 Å². The molecule has 14 heteroatoms. The van der Waals surface area contributed by atoms with Crippen LogP contribution in [0.5, 0.6) is 17.2 Å². The van der Waals surface area contributed by atoms with Gasteiger partial charge in [0.15, 0.2) is 0 Å². The van der Waals surface area contributed by atoms with E-state index in [1.807, 2.05) is 85.1 Å². The second-order valence-electron chi connectivity index (χ2n) is 17.7. The number of hydrogen-bond donors (Lipinski definition) is 2. The lowest BCUT2D eigenvalue weighted by atomic mass is 9.55. The van der Waals surface area contributed by atoms with Gasteiger partial charge in [0.2, 0.25) is 5.79 Å². The molecule has 1 fully saturated rings. The predicted molar refractivity (Wildman–Crippen MR) is 268 cm³/mol. The molecule has 13 nitrogen and oxygen atoms in total. The number of hydrogen-bond acceptors (Lipinski definition) is 12. The second-order valence-corrected chi connectivity index (χ2v) is 18.6. The van der Waals surface area contributed by atoms with Gasteiger partial charge in [-0.2, -0.15) is 0 Å². The third-order valence-corrected chi connectivity index (χ3v) is 14.3. The van der Waals surface area contributed by atoms with Crippen LogP contribution in [0.4, 0.5) is 10.5 Å². The Morgan fingerprint density at radius 1 is 0.957 bits per heavy atom. The molecule has 5 aromatic carbocycles. The number of rotatable bonds is 22. The molecule has 0 aromatic heterocycles. The van der Waals surface area contributed by atoms with Crippen molar-refractivity contribution < 1.29 is 43.7 Å². The number of unbranched alkanes of at least 4 members (excludes halogenated alkanes) is 2. The topological polar surface area (TPSA) is 162 Å². The number of carbonyl (C=O) groups is 1. The molecule has 362 valence electrons. The zero-order chi connectivity index (χ0) is 48.3. The Balaban J connectivity index is 1.34. The van der Waals surface area contributed by atoms with Gasteiger partial charge in [-0.05, 0) is 133 Å². The molecule has 1 aliphatic heterocycles. The van der Waals surface area contributed by atoms with Crippen LogP contribution in [0.15, 0.2) is 144 Å². The number of non-ortho nitro benzene ring substituents is 1. The van der Waals surface area contributed by atoms with Crippen LogP contribution >= 0.6 is 11.8 Å². The van der Waals surface area contributed by atoms with E-state index in [1.54, 1.807) is 41.8 Å². The lowest BCUT2D eigenvalue weighted by Crippen LogP contribution is -2.70. The maximum atomic E-state index is 14.8. The summed E-state index contributed by atoms with van der Waals surface area (Å²) in [6.07, 6.45) is 9.97. The molecule has 0 spiro atoms. The molecule has 0 radical (unpaired) electrons. The standard InChI is InChI=1S/C55H61N3O10S/c1-4-31-65-55-51(57(54(61)64-5-2)35-40-16-12-15-38-13-6-7-17-45(38)40)34-49(56-66-36-37-19-21-41(22-20-37)58(62)63)47-32-39(14-8-10-29-59)46(18-9-11-30-60)52(53(47)55)48-33-43(25-28-50(48)68-55)67-42-23-26-44(69-3)27-24-42/h4,6-7,12-13,15-17,19-28,32-33,39,46,51-53,59-60H,1,5,8-11,14,18,29-31,34-36H2,2-3H3. The first kappa shape index (κ1) is 49.2. The SMILES string of the molecule is C=CCOC12Oc3ccc(Oc4ccc(SC)cc4)cc3C3C(CCCCO)C(CCCCO)C=C(C(=NOCc4ccc([N+](=O)[O-])cc4)CC1N(Cc1cccc4ccccc14)C(=O)OCC)C32. The maximum absolute atomic E-state index is 14.8. The Morgan fingerprint density at radius 2 is 1.70 bits per heavy atom. The summed E-state index contributed by atoms with van der Waals surface area (Å²) >= 11 is 1.66. The fraction of sp³-hybridized carbons (Fsp3) is 0.382. The van der Waals surface area contributed by atoms with Gasteiger partial charge in [-0.3, -0.25) is 15.0 Å². The summed E-state index contributed by atoms with van der Waals surface area (Å²) < 4.78 is 27.2. The summed E-state index contributed by atoms with van der Waals surface area (Å²) in [7, 11) is 0. The van der Waals surface area contributed by atoms with E-state index in [0.29, 0.717) is 41.4 Å². The highest BCUT2D eigenvalue weighted by Gasteiger charge is 2.65. The van der Waals surface area contributed by atoms with Crippen molar-refractivity contribution in [3.8, 4) is 17.2 Å². The number of nitro benzene ring substituents is 1. The van der Waals surface area contributed by atoms with Crippen molar-refractivity contribution >= 4 is 40.0 Å². The number of nitro groups is 1. The van der Waals surface area contributed by atoms with Crippen LogP contribution in [0.3, 0.4) is 0 Å². The number of allylic oxidation sites excluding steroid dienone is 1. The summed E-state index contributed by atoms with van der Waals surface area (Å²) in [5, 5.41) is 38.5. The second kappa shape index (κ2) is 22.9. The van der Waals surface area contributed by atoms with Crippen molar-refractivity contribution in [2.45, 2.75) is 87.7 Å². The number of thioether (sulfide) groups is 1. The van der Waals surface area contributed by atoms with E-state index >= 15 is 0 Å². The van der Waals surface area contributed by atoms with Gasteiger partial charge in [0.25, 0.3) is 5.69 Å². The first-order chi connectivity index (χ1) is 33.7. The van der Waals surface area contributed by atoms with Gasteiger partial charge >= 0.3 is 6.09 Å². The van der Waals surface area contributed by atoms with Crippen molar-refractivity contribution in [2.24, 2.45) is 22.9 Å². The molecule has 1 saturated carbocycles. The Hall–Kier alpha value is -6.19. The van der Waals surface area contributed by atoms with E-state index < -0.39 is 28.8 Å². The molecule has 69 heavy (non-hydrogen) atoms. The van der Waals surface area contributed by atoms with Gasteiger partial charge in [0.1, 0.15) is 29.9 Å². The number of carbonyl (C=O) groups excluding carboxylic acids is 1. The quantitative estimate of drug-likeness (QED) is 0.0223. The molecule has 0 bridgehead atoms. The monoisotopic (exact) mass is 955 g/mol. The van der Waals surface area contributed by atoms with Crippen molar-refractivity contribution in [2.75, 3.05) is 32.7 Å². The van der Waals surface area contributed by atoms with Gasteiger partial charge in [-0.25, -0.2) is 4.79 Å². The van der Waals surface area contributed by atoms with Crippen LogP contribution in [0.25, 0.3) is 10.8 Å². The van der Waals surface area contributed by atoms with E-state index in [2.05, 4.69) is 18.7 Å². The highest BCUT2D eigenvalue weighted by Crippen LogP contribution is 2.62. The zero-order valence-corrected chi connectivity index (χ0v) is 40.1. The molecule has 3 aliphatic rings. The molecule has 8 rings (SSSR count). The number of amides is 1. The average molecular weight is 956 g/mol. The third kappa shape index (κ3) is 10.8. The molecular formula is C55H61N3O10S. The lowest BCUT2D eigenvalue weighted by Gasteiger charge is -2.59. The number of fused-ring (bicyclic) bond motifs is 3. The molecule has 2 N–H and O–H groups in total. The van der Waals surface area contributed by atoms with E-state index in [9.17, 15) is 25.1 Å². The van der Waals surface area contributed by atoms with Crippen LogP contribution in [0, 0.1) is 27.9 Å². The molecular weight excluding hydrogens is 895 g/mol. The fourth-order valence-electron chi connectivity index (χ4n) is 10.5. The normalized spacial score (nSPS) is 21.9. The predicted octanol–water partition coefficient (Wildman–Crippen LogP) is 11.8. The minimum Gasteiger partial charge on any atom is -0.459 e. The van der Waals surface area contributed by atoms with E-state index in [4.69, 9.17) is 28.9 Å². The number of aliphatic hydroxyl groups is 2. The Labute approximate surface area is 407 Å². The maximum Gasteiger partial charge on any atom is 0.410 e. The molecule has 6 unspecified atom stereocenters. The number of oxime groups is 1. The first-order valence-electron chi connectivity index (χ1n) is 23.9. The number of ether oxygens (including phenoxy) is 4. The van der Waals surface area contributed by atoms with Gasteiger partial charge in [0, 0.05) is 48.1 Å². The van der Waals surface area contributed by atoms with Gasteiger partial charge in [-0.1, -0.05) is 72.6 Å². The smallest absolute Gasteiger partial charge is 0.410 e. The molecule has 6 atom stereocenters.